The van der Waals surface area contributed by atoms with Crippen LogP contribution in [0.25, 0.3) is 0 Å². The molecule has 0 radical (unpaired) electrons. The lowest BCUT2D eigenvalue weighted by molar-refractivity contribution is 0.172. The maximum Gasteiger partial charge on any atom is 0.120 e. The summed E-state index contributed by atoms with van der Waals surface area (Å²) in [6, 6.07) is 19.2. The quantitative estimate of drug-likeness (QED) is 0.768. The second-order valence-corrected chi connectivity index (χ2v) is 6.81. The number of benzene rings is 2. The monoisotopic (exact) mass is 336 g/mol. The van der Waals surface area contributed by atoms with Crippen LogP contribution in [0.5, 0.6) is 5.75 Å². The molecule has 0 bridgehead atoms. The Labute approximate surface area is 151 Å². The maximum atomic E-state index is 6.02. The van der Waals surface area contributed by atoms with Crippen molar-refractivity contribution in [3.05, 3.63) is 77.9 Å². The molecule has 3 rings (SSSR count). The minimum atomic E-state index is 0.375. The smallest absolute Gasteiger partial charge is 0.120 e. The van der Waals surface area contributed by atoms with E-state index in [9.17, 15) is 0 Å². The van der Waals surface area contributed by atoms with Crippen molar-refractivity contribution >= 4 is 0 Å². The first-order valence-corrected chi connectivity index (χ1v) is 9.08. The molecule has 1 N–H and O–H groups in total. The van der Waals surface area contributed by atoms with Gasteiger partial charge in [-0.05, 0) is 36.6 Å². The topological polar surface area (TPSA) is 24.5 Å². The summed E-state index contributed by atoms with van der Waals surface area (Å²) in [4.78, 5) is 2.56. The highest BCUT2D eigenvalue weighted by Crippen LogP contribution is 2.30. The third-order valence-corrected chi connectivity index (χ3v) is 4.63. The molecule has 0 saturated carbocycles. The Kier molecular flexibility index (Phi) is 6.26. The standard InChI is InChI=1S/C22H28N2O/c1-18(2)15-22(24-13-11-23-12-14-24)20-9-6-10-21(16-20)25-17-19-7-4-3-5-8-19/h3-10,16,22-23H,1,11-15,17H2,2H3/t22-/m0/s1. The molecule has 0 aliphatic carbocycles. The molecule has 132 valence electrons. The molecule has 1 heterocycles. The van der Waals surface area contributed by atoms with Gasteiger partial charge in [0, 0.05) is 32.2 Å². The highest BCUT2D eigenvalue weighted by molar-refractivity contribution is 5.32. The highest BCUT2D eigenvalue weighted by atomic mass is 16.5. The number of ether oxygens (including phenoxy) is 1. The van der Waals surface area contributed by atoms with Gasteiger partial charge < -0.3 is 10.1 Å². The summed E-state index contributed by atoms with van der Waals surface area (Å²) in [6.45, 7) is 11.1. The predicted molar refractivity (Wildman–Crippen MR) is 104 cm³/mol. The molecule has 0 aromatic heterocycles. The van der Waals surface area contributed by atoms with E-state index in [0.29, 0.717) is 12.6 Å². The van der Waals surface area contributed by atoms with Crippen LogP contribution in [0.2, 0.25) is 0 Å². The van der Waals surface area contributed by atoms with Crippen LogP contribution in [-0.4, -0.2) is 31.1 Å². The minimum Gasteiger partial charge on any atom is -0.489 e. The second-order valence-electron chi connectivity index (χ2n) is 6.81. The van der Waals surface area contributed by atoms with Crippen LogP contribution in [0.1, 0.15) is 30.5 Å². The number of hydrogen-bond acceptors (Lipinski definition) is 3. The highest BCUT2D eigenvalue weighted by Gasteiger charge is 2.22. The fourth-order valence-corrected chi connectivity index (χ4v) is 3.33. The van der Waals surface area contributed by atoms with Crippen molar-refractivity contribution in [2.45, 2.75) is 26.0 Å². The molecule has 3 nitrogen and oxygen atoms in total. The molecule has 0 amide bonds. The molecule has 3 heteroatoms. The predicted octanol–water partition coefficient (Wildman–Crippen LogP) is 4.18. The number of hydrogen-bond donors (Lipinski definition) is 1. The molecule has 1 saturated heterocycles. The fraction of sp³-hybridized carbons (Fsp3) is 0.364. The lowest BCUT2D eigenvalue weighted by Crippen LogP contribution is -2.45. The van der Waals surface area contributed by atoms with Gasteiger partial charge in [0.25, 0.3) is 0 Å². The van der Waals surface area contributed by atoms with Gasteiger partial charge >= 0.3 is 0 Å². The van der Waals surface area contributed by atoms with Crippen LogP contribution in [-0.2, 0) is 6.61 Å². The summed E-state index contributed by atoms with van der Waals surface area (Å²) >= 11 is 0. The van der Waals surface area contributed by atoms with E-state index in [-0.39, 0.29) is 0 Å². The van der Waals surface area contributed by atoms with Gasteiger partial charge in [-0.15, -0.1) is 6.58 Å². The summed E-state index contributed by atoms with van der Waals surface area (Å²) in [5.74, 6) is 0.934. The molecular weight excluding hydrogens is 308 g/mol. The van der Waals surface area contributed by atoms with Gasteiger partial charge in [-0.3, -0.25) is 4.90 Å². The molecule has 1 fully saturated rings. The van der Waals surface area contributed by atoms with Crippen LogP contribution in [0, 0.1) is 0 Å². The Morgan fingerprint density at radius 3 is 2.60 bits per heavy atom. The molecule has 1 aliphatic heterocycles. The first-order chi connectivity index (χ1) is 12.2. The lowest BCUT2D eigenvalue weighted by atomic mass is 9.97. The average Bonchev–Trinajstić information content (AvgIpc) is 2.66. The van der Waals surface area contributed by atoms with E-state index in [0.717, 1.165) is 38.3 Å². The molecule has 1 aliphatic rings. The lowest BCUT2D eigenvalue weighted by Gasteiger charge is -2.35. The van der Waals surface area contributed by atoms with Gasteiger partial charge in [-0.25, -0.2) is 0 Å². The molecule has 0 spiro atoms. The van der Waals surface area contributed by atoms with E-state index in [1.54, 1.807) is 0 Å². The van der Waals surface area contributed by atoms with Gasteiger partial charge in [0.1, 0.15) is 12.4 Å². The van der Waals surface area contributed by atoms with E-state index in [2.05, 4.69) is 54.1 Å². The van der Waals surface area contributed by atoms with Crippen LogP contribution in [0.3, 0.4) is 0 Å². The normalized spacial score (nSPS) is 16.4. The molecular formula is C22H28N2O. The summed E-state index contributed by atoms with van der Waals surface area (Å²) < 4.78 is 6.02. The Balaban J connectivity index is 1.73. The summed E-state index contributed by atoms with van der Waals surface area (Å²) in [5, 5.41) is 3.44. The van der Waals surface area contributed by atoms with E-state index in [1.807, 2.05) is 24.3 Å². The number of nitrogens with one attached hydrogen (secondary N) is 1. The van der Waals surface area contributed by atoms with Crippen molar-refractivity contribution in [2.75, 3.05) is 26.2 Å². The third kappa shape index (κ3) is 5.18. The molecule has 2 aromatic carbocycles. The first-order valence-electron chi connectivity index (χ1n) is 9.08. The average molecular weight is 336 g/mol. The molecule has 2 aromatic rings. The van der Waals surface area contributed by atoms with Gasteiger partial charge in [0.05, 0.1) is 0 Å². The molecule has 0 unspecified atom stereocenters. The van der Waals surface area contributed by atoms with Crippen molar-refractivity contribution in [1.29, 1.82) is 0 Å². The Morgan fingerprint density at radius 2 is 1.88 bits per heavy atom. The van der Waals surface area contributed by atoms with Crippen molar-refractivity contribution in [2.24, 2.45) is 0 Å². The summed E-state index contributed by atoms with van der Waals surface area (Å²) in [5.41, 5.74) is 3.73. The summed E-state index contributed by atoms with van der Waals surface area (Å²) in [6.07, 6.45) is 0.988. The second kappa shape index (κ2) is 8.84. The van der Waals surface area contributed by atoms with Gasteiger partial charge in [0.2, 0.25) is 0 Å². The minimum absolute atomic E-state index is 0.375. The largest absolute Gasteiger partial charge is 0.489 e. The van der Waals surface area contributed by atoms with Crippen molar-refractivity contribution in [3.63, 3.8) is 0 Å². The van der Waals surface area contributed by atoms with E-state index < -0.39 is 0 Å². The zero-order valence-corrected chi connectivity index (χ0v) is 15.1. The van der Waals surface area contributed by atoms with Gasteiger partial charge in [-0.1, -0.05) is 48.0 Å². The number of rotatable bonds is 7. The van der Waals surface area contributed by atoms with E-state index in [1.165, 1.54) is 16.7 Å². The number of piperazine rings is 1. The van der Waals surface area contributed by atoms with Crippen molar-refractivity contribution < 1.29 is 4.74 Å². The van der Waals surface area contributed by atoms with Crippen molar-refractivity contribution in [1.82, 2.24) is 10.2 Å². The Hall–Kier alpha value is -2.10. The van der Waals surface area contributed by atoms with E-state index >= 15 is 0 Å². The Bertz CT molecular complexity index is 677. The zero-order chi connectivity index (χ0) is 17.5. The van der Waals surface area contributed by atoms with Crippen LogP contribution >= 0.6 is 0 Å². The van der Waals surface area contributed by atoms with Gasteiger partial charge in [-0.2, -0.15) is 0 Å². The molecule has 25 heavy (non-hydrogen) atoms. The number of nitrogens with zero attached hydrogens (tertiary/aromatic N) is 1. The van der Waals surface area contributed by atoms with Gasteiger partial charge in [0.15, 0.2) is 0 Å². The Morgan fingerprint density at radius 1 is 1.12 bits per heavy atom. The first kappa shape index (κ1) is 17.7. The SMILES string of the molecule is C=C(C)C[C@@H](c1cccc(OCc2ccccc2)c1)N1CCNCC1. The third-order valence-electron chi connectivity index (χ3n) is 4.63. The van der Waals surface area contributed by atoms with Crippen LogP contribution < -0.4 is 10.1 Å². The fourth-order valence-electron chi connectivity index (χ4n) is 3.33. The molecule has 1 atom stereocenters. The zero-order valence-electron chi connectivity index (χ0n) is 15.1. The van der Waals surface area contributed by atoms with Crippen molar-refractivity contribution in [3.8, 4) is 5.75 Å². The van der Waals surface area contributed by atoms with Crippen LogP contribution in [0.4, 0.5) is 0 Å². The summed E-state index contributed by atoms with van der Waals surface area (Å²) in [7, 11) is 0. The van der Waals surface area contributed by atoms with Crippen LogP contribution in [0.15, 0.2) is 66.7 Å². The van der Waals surface area contributed by atoms with E-state index in [4.69, 9.17) is 4.74 Å². The maximum absolute atomic E-state index is 6.02.